The first-order valence-electron chi connectivity index (χ1n) is 5.21. The predicted molar refractivity (Wildman–Crippen MR) is 67.6 cm³/mol. The molecule has 0 radical (unpaired) electrons. The Morgan fingerprint density at radius 2 is 1.88 bits per heavy atom. The van der Waals surface area contributed by atoms with Gasteiger partial charge in [0.2, 0.25) is 0 Å². The normalized spacial score (nSPS) is 12.4. The van der Waals surface area contributed by atoms with E-state index in [9.17, 15) is 0 Å². The monoisotopic (exact) mass is 213 g/mol. The lowest BCUT2D eigenvalue weighted by atomic mass is 9.98. The van der Waals surface area contributed by atoms with Gasteiger partial charge in [-0.05, 0) is 17.0 Å². The Labute approximate surface area is 95.3 Å². The highest BCUT2D eigenvalue weighted by Crippen LogP contribution is 2.30. The first-order valence-corrected chi connectivity index (χ1v) is 5.21. The van der Waals surface area contributed by atoms with Gasteiger partial charge in [0.05, 0.1) is 7.11 Å². The van der Waals surface area contributed by atoms with Crippen molar-refractivity contribution in [1.82, 2.24) is 0 Å². The van der Waals surface area contributed by atoms with Crippen LogP contribution in [0.15, 0.2) is 49.1 Å². The molecule has 82 valence electrons. The van der Waals surface area contributed by atoms with Gasteiger partial charge in [-0.1, -0.05) is 36.4 Å². The summed E-state index contributed by atoms with van der Waals surface area (Å²) in [7, 11) is 1.68. The van der Waals surface area contributed by atoms with Gasteiger partial charge in [-0.2, -0.15) is 0 Å². The number of benzene rings is 2. The fourth-order valence-corrected chi connectivity index (χ4v) is 1.89. The summed E-state index contributed by atoms with van der Waals surface area (Å²) in [6.45, 7) is 3.73. The summed E-state index contributed by atoms with van der Waals surface area (Å²) in [6.07, 6.45) is 1.74. The summed E-state index contributed by atoms with van der Waals surface area (Å²) in [6, 6.07) is 11.9. The van der Waals surface area contributed by atoms with E-state index in [0.29, 0.717) is 0 Å². The van der Waals surface area contributed by atoms with Crippen molar-refractivity contribution in [3.05, 3.63) is 54.6 Å². The van der Waals surface area contributed by atoms with Crippen LogP contribution in [0.2, 0.25) is 0 Å². The lowest BCUT2D eigenvalue weighted by molar-refractivity contribution is 0.419. The maximum atomic E-state index is 5.99. The van der Waals surface area contributed by atoms with Crippen LogP contribution in [0, 0.1) is 0 Å². The SMILES string of the molecule is C=C[C@H](N)c1ccc(OC)c2ccccc12. The van der Waals surface area contributed by atoms with Crippen molar-refractivity contribution in [2.45, 2.75) is 6.04 Å². The van der Waals surface area contributed by atoms with Crippen LogP contribution in [0.5, 0.6) is 5.75 Å². The Kier molecular flexibility index (Phi) is 2.93. The average Bonchev–Trinajstić information content (AvgIpc) is 2.36. The Morgan fingerprint density at radius 3 is 2.50 bits per heavy atom. The quantitative estimate of drug-likeness (QED) is 0.795. The summed E-state index contributed by atoms with van der Waals surface area (Å²) in [4.78, 5) is 0. The molecule has 1 atom stereocenters. The molecule has 0 aliphatic heterocycles. The van der Waals surface area contributed by atoms with Gasteiger partial charge in [0.25, 0.3) is 0 Å². The van der Waals surface area contributed by atoms with Crippen molar-refractivity contribution in [2.75, 3.05) is 7.11 Å². The summed E-state index contributed by atoms with van der Waals surface area (Å²) in [5.74, 6) is 0.871. The van der Waals surface area contributed by atoms with Gasteiger partial charge >= 0.3 is 0 Å². The number of nitrogens with two attached hydrogens (primary N) is 1. The maximum absolute atomic E-state index is 5.99. The van der Waals surface area contributed by atoms with E-state index in [1.807, 2.05) is 30.3 Å². The lowest BCUT2D eigenvalue weighted by Crippen LogP contribution is -2.07. The van der Waals surface area contributed by atoms with E-state index in [4.69, 9.17) is 10.5 Å². The highest BCUT2D eigenvalue weighted by Gasteiger charge is 2.09. The second-order valence-electron chi connectivity index (χ2n) is 3.66. The second-order valence-corrected chi connectivity index (χ2v) is 3.66. The molecule has 0 fully saturated rings. The molecule has 0 saturated carbocycles. The largest absolute Gasteiger partial charge is 0.496 e. The van der Waals surface area contributed by atoms with Crippen LogP contribution >= 0.6 is 0 Å². The Balaban J connectivity index is 2.74. The van der Waals surface area contributed by atoms with Crippen molar-refractivity contribution < 1.29 is 4.74 Å². The third kappa shape index (κ3) is 1.68. The highest BCUT2D eigenvalue weighted by molar-refractivity contribution is 5.91. The molecule has 0 saturated heterocycles. The zero-order valence-electron chi connectivity index (χ0n) is 9.31. The minimum absolute atomic E-state index is 0.143. The molecule has 2 rings (SSSR count). The number of ether oxygens (including phenoxy) is 1. The van der Waals surface area contributed by atoms with Gasteiger partial charge in [-0.3, -0.25) is 0 Å². The van der Waals surface area contributed by atoms with Crippen molar-refractivity contribution in [2.24, 2.45) is 5.73 Å². The highest BCUT2D eigenvalue weighted by atomic mass is 16.5. The third-order valence-electron chi connectivity index (χ3n) is 2.75. The first kappa shape index (κ1) is 10.7. The predicted octanol–water partition coefficient (Wildman–Crippen LogP) is 3.03. The molecule has 0 aliphatic rings. The smallest absolute Gasteiger partial charge is 0.126 e. The molecule has 0 aliphatic carbocycles. The van der Waals surface area contributed by atoms with Gasteiger partial charge in [-0.15, -0.1) is 6.58 Å². The number of hydrogen-bond acceptors (Lipinski definition) is 2. The minimum Gasteiger partial charge on any atom is -0.496 e. The molecule has 0 amide bonds. The van der Waals surface area contributed by atoms with Gasteiger partial charge in [-0.25, -0.2) is 0 Å². The van der Waals surface area contributed by atoms with Crippen LogP contribution in [-0.2, 0) is 0 Å². The van der Waals surface area contributed by atoms with Crippen molar-refractivity contribution >= 4 is 10.8 Å². The molecular weight excluding hydrogens is 198 g/mol. The summed E-state index contributed by atoms with van der Waals surface area (Å²) < 4.78 is 5.33. The molecule has 0 heterocycles. The van der Waals surface area contributed by atoms with Crippen molar-refractivity contribution in [3.63, 3.8) is 0 Å². The standard InChI is InChI=1S/C14H15NO/c1-3-13(15)11-8-9-14(16-2)12-7-5-4-6-10(11)12/h3-9,13H,1,15H2,2H3/t13-/m0/s1. The van der Waals surface area contributed by atoms with E-state index >= 15 is 0 Å². The van der Waals surface area contributed by atoms with Gasteiger partial charge < -0.3 is 10.5 Å². The summed E-state index contributed by atoms with van der Waals surface area (Å²) in [5, 5.41) is 2.20. The third-order valence-corrected chi connectivity index (χ3v) is 2.75. The van der Waals surface area contributed by atoms with Crippen LogP contribution in [0.25, 0.3) is 10.8 Å². The van der Waals surface area contributed by atoms with E-state index in [-0.39, 0.29) is 6.04 Å². The number of fused-ring (bicyclic) bond motifs is 1. The van der Waals surface area contributed by atoms with Crippen LogP contribution in [-0.4, -0.2) is 7.11 Å². The van der Waals surface area contributed by atoms with Crippen LogP contribution in [0.4, 0.5) is 0 Å². The van der Waals surface area contributed by atoms with Crippen LogP contribution in [0.1, 0.15) is 11.6 Å². The zero-order valence-corrected chi connectivity index (χ0v) is 9.31. The number of methoxy groups -OCH3 is 1. The molecule has 2 aromatic rings. The zero-order chi connectivity index (χ0) is 11.5. The van der Waals surface area contributed by atoms with E-state index in [0.717, 1.165) is 22.1 Å². The molecule has 0 spiro atoms. The number of rotatable bonds is 3. The molecule has 2 nitrogen and oxygen atoms in total. The minimum atomic E-state index is -0.143. The topological polar surface area (TPSA) is 35.2 Å². The number of hydrogen-bond donors (Lipinski definition) is 1. The first-order chi connectivity index (χ1) is 7.77. The van der Waals surface area contributed by atoms with E-state index in [1.54, 1.807) is 13.2 Å². The van der Waals surface area contributed by atoms with Crippen LogP contribution < -0.4 is 10.5 Å². The Hall–Kier alpha value is -1.80. The maximum Gasteiger partial charge on any atom is 0.126 e. The second kappa shape index (κ2) is 4.37. The van der Waals surface area contributed by atoms with E-state index in [2.05, 4.69) is 12.6 Å². The Morgan fingerprint density at radius 1 is 1.19 bits per heavy atom. The van der Waals surface area contributed by atoms with Crippen molar-refractivity contribution in [1.29, 1.82) is 0 Å². The molecular formula is C14H15NO. The van der Waals surface area contributed by atoms with E-state index in [1.165, 1.54) is 0 Å². The molecule has 0 aromatic heterocycles. The fourth-order valence-electron chi connectivity index (χ4n) is 1.89. The van der Waals surface area contributed by atoms with Gasteiger partial charge in [0.15, 0.2) is 0 Å². The molecule has 2 aromatic carbocycles. The lowest BCUT2D eigenvalue weighted by Gasteiger charge is -2.13. The van der Waals surface area contributed by atoms with E-state index < -0.39 is 0 Å². The molecule has 2 N–H and O–H groups in total. The van der Waals surface area contributed by atoms with Gasteiger partial charge in [0, 0.05) is 11.4 Å². The molecule has 0 bridgehead atoms. The van der Waals surface area contributed by atoms with Crippen LogP contribution in [0.3, 0.4) is 0 Å². The molecule has 0 unspecified atom stereocenters. The van der Waals surface area contributed by atoms with Gasteiger partial charge in [0.1, 0.15) is 5.75 Å². The Bertz CT molecular complexity index is 519. The summed E-state index contributed by atoms with van der Waals surface area (Å²) in [5.41, 5.74) is 7.07. The average molecular weight is 213 g/mol. The van der Waals surface area contributed by atoms with Crippen molar-refractivity contribution in [3.8, 4) is 5.75 Å². The molecule has 16 heavy (non-hydrogen) atoms. The molecule has 2 heteroatoms. The summed E-state index contributed by atoms with van der Waals surface area (Å²) >= 11 is 0. The fraction of sp³-hybridized carbons (Fsp3) is 0.143.